The van der Waals surface area contributed by atoms with Gasteiger partial charge in [-0.1, -0.05) is 48.5 Å². The van der Waals surface area contributed by atoms with Crippen LogP contribution in [0.5, 0.6) is 11.5 Å². The molecule has 1 heterocycles. The molecule has 4 aromatic rings. The van der Waals surface area contributed by atoms with Crippen molar-refractivity contribution in [1.82, 2.24) is 0 Å². The summed E-state index contributed by atoms with van der Waals surface area (Å²) in [5, 5.41) is 6.00. The molecule has 1 aliphatic heterocycles. The molecule has 0 spiro atoms. The van der Waals surface area contributed by atoms with E-state index in [2.05, 4.69) is 41.0 Å². The molecule has 2 N–H and O–H groups in total. The Bertz CT molecular complexity index is 1450. The highest BCUT2D eigenvalue weighted by atomic mass is 19.4. The van der Waals surface area contributed by atoms with Crippen LogP contribution in [0.1, 0.15) is 12.8 Å². The fourth-order valence-electron chi connectivity index (χ4n) is 4.75. The molecule has 1 fully saturated rings. The van der Waals surface area contributed by atoms with Gasteiger partial charge in [0.25, 0.3) is 0 Å². The smallest absolute Gasteiger partial charge is 0.405 e. The Balaban J connectivity index is 1.42. The molecule has 0 unspecified atom stereocenters. The Morgan fingerprint density at radius 3 is 2.16 bits per heavy atom. The molecule has 0 bridgehead atoms. The normalized spacial score (nSPS) is 14.4. The van der Waals surface area contributed by atoms with Gasteiger partial charge in [-0.2, -0.15) is 13.2 Å². The van der Waals surface area contributed by atoms with Gasteiger partial charge in [0.05, 0.1) is 0 Å². The molecule has 7 heteroatoms. The third-order valence-electron chi connectivity index (χ3n) is 6.88. The number of alkyl halides is 3. The number of hydrogen-bond acceptors (Lipinski definition) is 4. The van der Waals surface area contributed by atoms with Crippen molar-refractivity contribution in [2.24, 2.45) is 5.92 Å². The Kier molecular flexibility index (Phi) is 6.35. The zero-order chi connectivity index (χ0) is 26.1. The van der Waals surface area contributed by atoms with Gasteiger partial charge in [0.15, 0.2) is 11.5 Å². The highest BCUT2D eigenvalue weighted by molar-refractivity contribution is 5.95. The van der Waals surface area contributed by atoms with Crippen molar-refractivity contribution in [2.75, 3.05) is 30.5 Å². The van der Waals surface area contributed by atoms with Gasteiger partial charge in [-0.3, -0.25) is 0 Å². The first kappa shape index (κ1) is 24.2. The number of nitrogens with one attached hydrogen (secondary N) is 2. The first-order chi connectivity index (χ1) is 18.4. The Hall–Kier alpha value is -4.13. The number of ether oxygens (including phenoxy) is 2. The summed E-state index contributed by atoms with van der Waals surface area (Å²) >= 11 is 0. The van der Waals surface area contributed by atoms with Gasteiger partial charge in [0.2, 0.25) is 6.79 Å². The van der Waals surface area contributed by atoms with Crippen molar-refractivity contribution in [1.29, 1.82) is 0 Å². The molecule has 6 rings (SSSR count). The standard InChI is InChI=1S/C31H27F3N2O2/c32-31(33,34)18-36-25-4-1-3-22(15-25)27-6-2-5-26(21-9-12-24(13-10-21)35-17-20-7-8-20)30(27)23-11-14-28-29(16-23)38-19-37-28/h1-6,9-16,20,35-36H,7-8,17-19H2. The van der Waals surface area contributed by atoms with Crippen molar-refractivity contribution in [3.05, 3.63) is 84.9 Å². The summed E-state index contributed by atoms with van der Waals surface area (Å²) in [6, 6.07) is 27.4. The molecule has 1 saturated carbocycles. The molecule has 4 aromatic carbocycles. The summed E-state index contributed by atoms with van der Waals surface area (Å²) in [4.78, 5) is 0. The van der Waals surface area contributed by atoms with E-state index in [1.165, 1.54) is 12.8 Å². The summed E-state index contributed by atoms with van der Waals surface area (Å²) < 4.78 is 49.7. The lowest BCUT2D eigenvalue weighted by Gasteiger charge is -2.18. The second kappa shape index (κ2) is 9.97. The molecule has 4 nitrogen and oxygen atoms in total. The number of hydrogen-bond donors (Lipinski definition) is 2. The lowest BCUT2D eigenvalue weighted by molar-refractivity contribution is -0.115. The first-order valence-corrected chi connectivity index (χ1v) is 12.7. The summed E-state index contributed by atoms with van der Waals surface area (Å²) in [6.07, 6.45) is -1.71. The average Bonchev–Trinajstić information content (AvgIpc) is 3.64. The molecular formula is C31H27F3N2O2. The van der Waals surface area contributed by atoms with E-state index in [1.807, 2.05) is 36.4 Å². The fraction of sp³-hybridized carbons (Fsp3) is 0.226. The summed E-state index contributed by atoms with van der Waals surface area (Å²) in [5.41, 5.74) is 7.19. The van der Waals surface area contributed by atoms with Crippen LogP contribution in [-0.4, -0.2) is 26.1 Å². The molecule has 0 amide bonds. The van der Waals surface area contributed by atoms with E-state index in [1.54, 1.807) is 18.2 Å². The second-order valence-corrected chi connectivity index (χ2v) is 9.75. The molecule has 1 aliphatic carbocycles. The van der Waals surface area contributed by atoms with Crippen molar-refractivity contribution in [2.45, 2.75) is 19.0 Å². The quantitative estimate of drug-likeness (QED) is 0.248. The predicted molar refractivity (Wildman–Crippen MR) is 145 cm³/mol. The first-order valence-electron chi connectivity index (χ1n) is 12.7. The minimum absolute atomic E-state index is 0.176. The van der Waals surface area contributed by atoms with Crippen molar-refractivity contribution in [3.8, 4) is 44.9 Å². The van der Waals surface area contributed by atoms with Gasteiger partial charge < -0.3 is 20.1 Å². The predicted octanol–water partition coefficient (Wildman–Crippen LogP) is 8.21. The highest BCUT2D eigenvalue weighted by Crippen LogP contribution is 2.44. The largest absolute Gasteiger partial charge is 0.454 e. The molecular weight excluding hydrogens is 489 g/mol. The van der Waals surface area contributed by atoms with Crippen LogP contribution in [-0.2, 0) is 0 Å². The average molecular weight is 517 g/mol. The van der Waals surface area contributed by atoms with Crippen molar-refractivity contribution < 1.29 is 22.6 Å². The second-order valence-electron chi connectivity index (χ2n) is 9.75. The van der Waals surface area contributed by atoms with E-state index < -0.39 is 12.7 Å². The number of benzene rings is 4. The molecule has 0 aromatic heterocycles. The number of rotatable bonds is 8. The van der Waals surface area contributed by atoms with Crippen LogP contribution in [0.4, 0.5) is 24.5 Å². The molecule has 2 aliphatic rings. The van der Waals surface area contributed by atoms with Crippen LogP contribution < -0.4 is 20.1 Å². The van der Waals surface area contributed by atoms with Gasteiger partial charge in [0.1, 0.15) is 6.54 Å². The van der Waals surface area contributed by atoms with Crippen molar-refractivity contribution in [3.63, 3.8) is 0 Å². The highest BCUT2D eigenvalue weighted by Gasteiger charge is 2.26. The number of fused-ring (bicyclic) bond motifs is 1. The fourth-order valence-corrected chi connectivity index (χ4v) is 4.75. The Labute approximate surface area is 219 Å². The Morgan fingerprint density at radius 1 is 0.684 bits per heavy atom. The van der Waals surface area contributed by atoms with Gasteiger partial charge >= 0.3 is 6.18 Å². The summed E-state index contributed by atoms with van der Waals surface area (Å²) in [6.45, 7) is 0.0815. The molecule has 38 heavy (non-hydrogen) atoms. The number of halogens is 3. The van der Waals surface area contributed by atoms with Gasteiger partial charge in [0, 0.05) is 17.9 Å². The zero-order valence-electron chi connectivity index (χ0n) is 20.6. The zero-order valence-corrected chi connectivity index (χ0v) is 20.6. The van der Waals surface area contributed by atoms with Crippen LogP contribution >= 0.6 is 0 Å². The van der Waals surface area contributed by atoms with Gasteiger partial charge in [-0.05, 0) is 88.5 Å². The third kappa shape index (κ3) is 5.42. The van der Waals surface area contributed by atoms with Gasteiger partial charge in [-0.15, -0.1) is 0 Å². The van der Waals surface area contributed by atoms with Gasteiger partial charge in [-0.25, -0.2) is 0 Å². The van der Waals surface area contributed by atoms with Crippen molar-refractivity contribution >= 4 is 11.4 Å². The molecule has 0 atom stereocenters. The summed E-state index contributed by atoms with van der Waals surface area (Å²) in [7, 11) is 0. The topological polar surface area (TPSA) is 42.5 Å². The Morgan fingerprint density at radius 2 is 1.39 bits per heavy atom. The van der Waals surface area contributed by atoms with E-state index >= 15 is 0 Å². The van der Waals surface area contributed by atoms with Crippen LogP contribution in [0.25, 0.3) is 33.4 Å². The van der Waals surface area contributed by atoms with Crippen LogP contribution in [0.2, 0.25) is 0 Å². The van der Waals surface area contributed by atoms with E-state index in [-0.39, 0.29) is 6.79 Å². The van der Waals surface area contributed by atoms with E-state index in [0.717, 1.165) is 51.5 Å². The minimum atomic E-state index is -4.30. The third-order valence-corrected chi connectivity index (χ3v) is 6.88. The van der Waals surface area contributed by atoms with Crippen LogP contribution in [0.3, 0.4) is 0 Å². The number of anilines is 2. The van der Waals surface area contributed by atoms with E-state index in [0.29, 0.717) is 17.2 Å². The van der Waals surface area contributed by atoms with Crippen LogP contribution in [0.15, 0.2) is 84.9 Å². The maximum atomic E-state index is 12.8. The molecule has 194 valence electrons. The molecule has 0 saturated heterocycles. The lowest BCUT2D eigenvalue weighted by atomic mass is 9.87. The monoisotopic (exact) mass is 516 g/mol. The maximum absolute atomic E-state index is 12.8. The SMILES string of the molecule is FC(F)(F)CNc1cccc(-c2cccc(-c3ccc(NCC4CC4)cc3)c2-c2ccc3c(c2)OCO3)c1. The van der Waals surface area contributed by atoms with E-state index in [9.17, 15) is 13.2 Å². The molecule has 0 radical (unpaired) electrons. The van der Waals surface area contributed by atoms with E-state index in [4.69, 9.17) is 9.47 Å². The lowest BCUT2D eigenvalue weighted by Crippen LogP contribution is -2.21. The maximum Gasteiger partial charge on any atom is 0.405 e. The summed E-state index contributed by atoms with van der Waals surface area (Å²) in [5.74, 6) is 2.14. The minimum Gasteiger partial charge on any atom is -0.454 e. The van der Waals surface area contributed by atoms with Crippen LogP contribution in [0, 0.1) is 5.92 Å².